The third kappa shape index (κ3) is 5.58. The Morgan fingerprint density at radius 3 is 2.62 bits per heavy atom. The number of carbonyl (C=O) groups is 1. The van der Waals surface area contributed by atoms with E-state index < -0.39 is 5.97 Å². The number of hydrogen-bond acceptors (Lipinski definition) is 6. The van der Waals surface area contributed by atoms with Crippen LogP contribution in [0.15, 0.2) is 91.4 Å². The van der Waals surface area contributed by atoms with Crippen molar-refractivity contribution in [3.8, 4) is 11.6 Å². The number of benzene rings is 3. The predicted octanol–water partition coefficient (Wildman–Crippen LogP) is 6.17. The summed E-state index contributed by atoms with van der Waals surface area (Å²) in [5, 5.41) is 8.97. The van der Waals surface area contributed by atoms with Gasteiger partial charge < -0.3 is 15.3 Å². The molecule has 3 aromatic carbocycles. The second kappa shape index (κ2) is 10.9. The fraction of sp³-hybridized carbons (Fsp3) is 0.100. The first kappa shape index (κ1) is 24.0. The van der Waals surface area contributed by atoms with Crippen molar-refractivity contribution in [1.82, 2.24) is 15.4 Å². The molecule has 7 nitrogen and oxygen atoms in total. The topological polar surface area (TPSA) is 96.4 Å². The summed E-state index contributed by atoms with van der Waals surface area (Å²) < 4.78 is 5.96. The lowest BCUT2D eigenvalue weighted by Gasteiger charge is -2.18. The molecule has 2 heterocycles. The fourth-order valence-corrected chi connectivity index (χ4v) is 4.43. The van der Waals surface area contributed by atoms with Crippen LogP contribution in [0.2, 0.25) is 0 Å². The molecule has 0 radical (unpaired) electrons. The molecule has 0 amide bonds. The van der Waals surface area contributed by atoms with Crippen LogP contribution in [0.4, 0.5) is 5.69 Å². The van der Waals surface area contributed by atoms with Crippen LogP contribution in [0, 0.1) is 0 Å². The van der Waals surface area contributed by atoms with Crippen LogP contribution in [0.3, 0.4) is 0 Å². The van der Waals surface area contributed by atoms with Gasteiger partial charge in [0, 0.05) is 25.0 Å². The molecule has 0 spiro atoms. The summed E-state index contributed by atoms with van der Waals surface area (Å²) in [5.74, 6) is 0.146. The first-order valence-electron chi connectivity index (χ1n) is 12.0. The van der Waals surface area contributed by atoms with E-state index in [1.807, 2.05) is 42.5 Å². The maximum Gasteiger partial charge on any atom is 0.328 e. The van der Waals surface area contributed by atoms with Crippen LogP contribution in [0.25, 0.3) is 17.2 Å². The second-order valence-corrected chi connectivity index (χ2v) is 8.52. The standard InChI is InChI=1S/C30H26N4O3/c1-2-26(22-4-3-5-25(17-22)37-28-19-31-14-15-32-28)30(23-11-12-27-24(16-23)18-33-34-27)21-9-6-20(7-10-21)8-13-29(35)36/h3-17,19,33-34H,2,18H2,1H3,(H,35,36)/b13-8+,30-26+. The lowest BCUT2D eigenvalue weighted by Crippen LogP contribution is -2.10. The molecule has 37 heavy (non-hydrogen) atoms. The third-order valence-electron chi connectivity index (χ3n) is 6.11. The van der Waals surface area contributed by atoms with E-state index in [1.54, 1.807) is 24.7 Å². The first-order chi connectivity index (χ1) is 18.1. The molecule has 1 aliphatic rings. The van der Waals surface area contributed by atoms with Crippen molar-refractivity contribution in [3.05, 3.63) is 119 Å². The second-order valence-electron chi connectivity index (χ2n) is 8.52. The molecule has 0 saturated heterocycles. The molecule has 5 rings (SSSR count). The SMILES string of the molecule is CC/C(=C(/c1ccc(/C=C/C(=O)O)cc1)c1ccc2c(c1)CNN2)c1cccc(Oc2cnccn2)c1. The van der Waals surface area contributed by atoms with E-state index in [4.69, 9.17) is 9.84 Å². The van der Waals surface area contributed by atoms with Gasteiger partial charge in [0.25, 0.3) is 0 Å². The summed E-state index contributed by atoms with van der Waals surface area (Å²) in [6, 6.07) is 22.4. The van der Waals surface area contributed by atoms with E-state index >= 15 is 0 Å². The highest BCUT2D eigenvalue weighted by atomic mass is 16.5. The molecule has 184 valence electrons. The van der Waals surface area contributed by atoms with Crippen molar-refractivity contribution in [2.45, 2.75) is 19.9 Å². The van der Waals surface area contributed by atoms with Crippen molar-refractivity contribution in [3.63, 3.8) is 0 Å². The monoisotopic (exact) mass is 490 g/mol. The van der Waals surface area contributed by atoms with E-state index in [-0.39, 0.29) is 0 Å². The maximum atomic E-state index is 10.9. The van der Waals surface area contributed by atoms with Crippen LogP contribution in [0.1, 0.15) is 41.2 Å². The molecule has 0 fully saturated rings. The number of nitrogens with zero attached hydrogens (tertiary/aromatic N) is 2. The Bertz CT molecular complexity index is 1480. The van der Waals surface area contributed by atoms with Crippen LogP contribution >= 0.6 is 0 Å². The van der Waals surface area contributed by atoms with E-state index in [0.717, 1.165) is 58.1 Å². The number of aliphatic carboxylic acids is 1. The Hall–Kier alpha value is -4.75. The van der Waals surface area contributed by atoms with Crippen LogP contribution < -0.4 is 15.6 Å². The predicted molar refractivity (Wildman–Crippen MR) is 145 cm³/mol. The number of aromatic nitrogens is 2. The van der Waals surface area contributed by atoms with Crippen LogP contribution in [-0.2, 0) is 11.3 Å². The van der Waals surface area contributed by atoms with E-state index in [1.165, 1.54) is 5.56 Å². The van der Waals surface area contributed by atoms with E-state index in [0.29, 0.717) is 11.6 Å². The molecule has 0 atom stereocenters. The average molecular weight is 491 g/mol. The van der Waals surface area contributed by atoms with Gasteiger partial charge in [0.1, 0.15) is 5.75 Å². The van der Waals surface area contributed by atoms with Gasteiger partial charge in [-0.25, -0.2) is 15.2 Å². The Morgan fingerprint density at radius 1 is 1.03 bits per heavy atom. The number of allylic oxidation sites excluding steroid dienone is 1. The molecule has 1 aliphatic heterocycles. The Morgan fingerprint density at radius 2 is 1.86 bits per heavy atom. The lowest BCUT2D eigenvalue weighted by atomic mass is 9.87. The summed E-state index contributed by atoms with van der Waals surface area (Å²) in [4.78, 5) is 19.2. The van der Waals surface area contributed by atoms with Gasteiger partial charge in [0.05, 0.1) is 11.9 Å². The zero-order chi connectivity index (χ0) is 25.6. The molecule has 3 N–H and O–H groups in total. The third-order valence-corrected chi connectivity index (χ3v) is 6.11. The molecular formula is C30H26N4O3. The highest BCUT2D eigenvalue weighted by molar-refractivity contribution is 5.99. The van der Waals surface area contributed by atoms with Gasteiger partial charge >= 0.3 is 5.97 Å². The zero-order valence-corrected chi connectivity index (χ0v) is 20.3. The maximum absolute atomic E-state index is 10.9. The molecule has 1 aromatic heterocycles. The minimum atomic E-state index is -0.970. The highest BCUT2D eigenvalue weighted by Crippen LogP contribution is 2.37. The molecule has 4 aromatic rings. The normalized spacial score (nSPS) is 13.1. The Kier molecular flexibility index (Phi) is 7.05. The summed E-state index contributed by atoms with van der Waals surface area (Å²) >= 11 is 0. The number of nitrogens with one attached hydrogen (secondary N) is 2. The fourth-order valence-electron chi connectivity index (χ4n) is 4.43. The number of carboxylic acids is 1. The minimum Gasteiger partial charge on any atom is -0.478 e. The van der Waals surface area contributed by atoms with Crippen molar-refractivity contribution in [2.75, 3.05) is 5.43 Å². The average Bonchev–Trinajstić information content (AvgIpc) is 3.40. The lowest BCUT2D eigenvalue weighted by molar-refractivity contribution is -0.131. The van der Waals surface area contributed by atoms with Gasteiger partial charge in [-0.1, -0.05) is 49.4 Å². The van der Waals surface area contributed by atoms with Gasteiger partial charge in [0.2, 0.25) is 5.88 Å². The minimum absolute atomic E-state index is 0.436. The zero-order valence-electron chi connectivity index (χ0n) is 20.3. The van der Waals surface area contributed by atoms with Gasteiger partial charge in [0.15, 0.2) is 0 Å². The van der Waals surface area contributed by atoms with Gasteiger partial charge in [-0.2, -0.15) is 0 Å². The van der Waals surface area contributed by atoms with Gasteiger partial charge in [-0.3, -0.25) is 4.98 Å². The molecular weight excluding hydrogens is 464 g/mol. The number of carboxylic acid groups (broad SMARTS) is 1. The summed E-state index contributed by atoms with van der Waals surface area (Å²) in [7, 11) is 0. The molecule has 0 bridgehead atoms. The number of hydrazine groups is 1. The van der Waals surface area contributed by atoms with E-state index in [2.05, 4.69) is 52.0 Å². The van der Waals surface area contributed by atoms with Crippen molar-refractivity contribution in [2.24, 2.45) is 0 Å². The smallest absolute Gasteiger partial charge is 0.328 e. The van der Waals surface area contributed by atoms with E-state index in [9.17, 15) is 4.79 Å². The van der Waals surface area contributed by atoms with Gasteiger partial charge in [-0.05, 0) is 75.7 Å². The number of fused-ring (bicyclic) bond motifs is 1. The van der Waals surface area contributed by atoms with Crippen molar-refractivity contribution >= 4 is 28.9 Å². The Balaban J connectivity index is 1.61. The number of hydrogen-bond donors (Lipinski definition) is 3. The largest absolute Gasteiger partial charge is 0.478 e. The molecule has 0 saturated carbocycles. The summed E-state index contributed by atoms with van der Waals surface area (Å²) in [6.07, 6.45) is 8.32. The van der Waals surface area contributed by atoms with Crippen LogP contribution in [0.5, 0.6) is 11.6 Å². The highest BCUT2D eigenvalue weighted by Gasteiger charge is 2.17. The van der Waals surface area contributed by atoms with Crippen molar-refractivity contribution in [1.29, 1.82) is 0 Å². The summed E-state index contributed by atoms with van der Waals surface area (Å²) in [6.45, 7) is 2.89. The van der Waals surface area contributed by atoms with Crippen molar-refractivity contribution < 1.29 is 14.6 Å². The number of anilines is 1. The molecule has 0 unspecified atom stereocenters. The number of ether oxygens (including phenoxy) is 1. The van der Waals surface area contributed by atoms with Gasteiger partial charge in [-0.15, -0.1) is 0 Å². The van der Waals surface area contributed by atoms with Crippen LogP contribution in [-0.4, -0.2) is 21.0 Å². The Labute approximate surface area is 215 Å². The molecule has 7 heteroatoms. The summed E-state index contributed by atoms with van der Waals surface area (Å²) in [5.41, 5.74) is 15.0. The molecule has 0 aliphatic carbocycles. The quantitative estimate of drug-likeness (QED) is 0.201. The first-order valence-corrected chi connectivity index (χ1v) is 12.0. The number of rotatable bonds is 8.